The predicted octanol–water partition coefficient (Wildman–Crippen LogP) is 4.30. The van der Waals surface area contributed by atoms with E-state index in [9.17, 15) is 0 Å². The number of nitrogens with one attached hydrogen (secondary N) is 1. The molecule has 3 atom stereocenters. The van der Waals surface area contributed by atoms with Gasteiger partial charge in [0, 0.05) is 18.1 Å². The molecule has 1 aliphatic heterocycles. The lowest BCUT2D eigenvalue weighted by atomic mass is 9.97. The zero-order valence-corrected chi connectivity index (χ0v) is 14.2. The van der Waals surface area contributed by atoms with Gasteiger partial charge in [-0.3, -0.25) is 4.90 Å². The standard InChI is InChI=1S/C19H32N2/c1-5-13-20-19(17-11-9-15(3)10-12-17)16(4)21-14-7-8-18(21)6-2/h9-12,16,18-20H,5-8,13-14H2,1-4H3. The van der Waals surface area contributed by atoms with Crippen LogP contribution in [-0.2, 0) is 0 Å². The van der Waals surface area contributed by atoms with Crippen molar-refractivity contribution < 1.29 is 0 Å². The molecule has 21 heavy (non-hydrogen) atoms. The van der Waals surface area contributed by atoms with Gasteiger partial charge in [0.15, 0.2) is 0 Å². The Bertz CT molecular complexity index is 412. The van der Waals surface area contributed by atoms with Crippen LogP contribution in [0.15, 0.2) is 24.3 Å². The largest absolute Gasteiger partial charge is 0.309 e. The third-order valence-corrected chi connectivity index (χ3v) is 4.95. The molecular weight excluding hydrogens is 256 g/mol. The van der Waals surface area contributed by atoms with Gasteiger partial charge in [-0.15, -0.1) is 0 Å². The molecule has 0 spiro atoms. The number of rotatable bonds is 7. The summed E-state index contributed by atoms with van der Waals surface area (Å²) in [4.78, 5) is 2.73. The van der Waals surface area contributed by atoms with E-state index >= 15 is 0 Å². The Hall–Kier alpha value is -0.860. The average Bonchev–Trinajstić information content (AvgIpc) is 2.97. The highest BCUT2D eigenvalue weighted by Gasteiger charge is 2.31. The maximum atomic E-state index is 3.78. The van der Waals surface area contributed by atoms with Crippen molar-refractivity contribution in [2.45, 2.75) is 71.5 Å². The van der Waals surface area contributed by atoms with Gasteiger partial charge in [-0.2, -0.15) is 0 Å². The normalized spacial score (nSPS) is 22.4. The van der Waals surface area contributed by atoms with Crippen molar-refractivity contribution in [2.24, 2.45) is 0 Å². The molecule has 1 aromatic carbocycles. The molecule has 1 fully saturated rings. The van der Waals surface area contributed by atoms with Crippen molar-refractivity contribution in [3.05, 3.63) is 35.4 Å². The first-order chi connectivity index (χ1) is 10.2. The summed E-state index contributed by atoms with van der Waals surface area (Å²) < 4.78 is 0. The van der Waals surface area contributed by atoms with Gasteiger partial charge in [-0.05, 0) is 58.2 Å². The van der Waals surface area contributed by atoms with E-state index in [1.165, 1.54) is 43.4 Å². The first-order valence-corrected chi connectivity index (χ1v) is 8.73. The monoisotopic (exact) mass is 288 g/mol. The Morgan fingerprint density at radius 1 is 1.24 bits per heavy atom. The molecule has 0 saturated carbocycles. The SMILES string of the molecule is CCCNC(c1ccc(C)cc1)C(C)N1CCCC1CC. The van der Waals surface area contributed by atoms with Gasteiger partial charge >= 0.3 is 0 Å². The number of hydrogen-bond donors (Lipinski definition) is 1. The quantitative estimate of drug-likeness (QED) is 0.805. The van der Waals surface area contributed by atoms with Crippen LogP contribution in [0.25, 0.3) is 0 Å². The number of likely N-dealkylation sites (tertiary alicyclic amines) is 1. The molecule has 0 aliphatic carbocycles. The Kier molecular flexibility index (Phi) is 6.25. The molecule has 118 valence electrons. The summed E-state index contributed by atoms with van der Waals surface area (Å²) in [6.45, 7) is 11.5. The fourth-order valence-electron chi connectivity index (χ4n) is 3.66. The lowest BCUT2D eigenvalue weighted by molar-refractivity contribution is 0.151. The van der Waals surface area contributed by atoms with E-state index in [1.54, 1.807) is 0 Å². The summed E-state index contributed by atoms with van der Waals surface area (Å²) in [5, 5.41) is 3.78. The van der Waals surface area contributed by atoms with Gasteiger partial charge in [0.25, 0.3) is 0 Å². The van der Waals surface area contributed by atoms with Gasteiger partial charge in [-0.25, -0.2) is 0 Å². The molecule has 1 aliphatic rings. The fourth-order valence-corrected chi connectivity index (χ4v) is 3.66. The Morgan fingerprint density at radius 2 is 1.95 bits per heavy atom. The van der Waals surface area contributed by atoms with Crippen molar-refractivity contribution in [3.8, 4) is 0 Å². The van der Waals surface area contributed by atoms with Gasteiger partial charge in [0.05, 0.1) is 0 Å². The minimum absolute atomic E-state index is 0.442. The molecule has 1 N–H and O–H groups in total. The average molecular weight is 288 g/mol. The maximum absolute atomic E-state index is 3.78. The number of nitrogens with zero attached hydrogens (tertiary/aromatic N) is 1. The van der Waals surface area contributed by atoms with Crippen molar-refractivity contribution in [2.75, 3.05) is 13.1 Å². The highest BCUT2D eigenvalue weighted by atomic mass is 15.2. The molecule has 0 amide bonds. The molecule has 0 radical (unpaired) electrons. The van der Waals surface area contributed by atoms with Crippen LogP contribution in [0, 0.1) is 6.92 Å². The van der Waals surface area contributed by atoms with E-state index in [-0.39, 0.29) is 0 Å². The molecule has 1 aromatic rings. The topological polar surface area (TPSA) is 15.3 Å². The summed E-state index contributed by atoms with van der Waals surface area (Å²) in [5.74, 6) is 0. The lowest BCUT2D eigenvalue weighted by Gasteiger charge is -2.36. The first kappa shape index (κ1) is 16.5. The molecule has 0 aromatic heterocycles. The van der Waals surface area contributed by atoms with Crippen LogP contribution >= 0.6 is 0 Å². The number of benzene rings is 1. The molecule has 3 unspecified atom stereocenters. The van der Waals surface area contributed by atoms with E-state index in [1.807, 2.05) is 0 Å². The van der Waals surface area contributed by atoms with Crippen LogP contribution in [0.4, 0.5) is 0 Å². The molecular formula is C19H32N2. The molecule has 2 heteroatoms. The number of hydrogen-bond acceptors (Lipinski definition) is 2. The van der Waals surface area contributed by atoms with Crippen molar-refractivity contribution in [3.63, 3.8) is 0 Å². The fraction of sp³-hybridized carbons (Fsp3) is 0.684. The van der Waals surface area contributed by atoms with Crippen LogP contribution in [-0.4, -0.2) is 30.1 Å². The molecule has 1 heterocycles. The van der Waals surface area contributed by atoms with Gasteiger partial charge < -0.3 is 5.32 Å². The second kappa shape index (κ2) is 7.95. The van der Waals surface area contributed by atoms with Crippen molar-refractivity contribution in [1.82, 2.24) is 10.2 Å². The minimum Gasteiger partial charge on any atom is -0.309 e. The van der Waals surface area contributed by atoms with Gasteiger partial charge in [0.2, 0.25) is 0 Å². The highest BCUT2D eigenvalue weighted by Crippen LogP contribution is 2.29. The maximum Gasteiger partial charge on any atom is 0.0475 e. The highest BCUT2D eigenvalue weighted by molar-refractivity contribution is 5.25. The minimum atomic E-state index is 0.442. The van der Waals surface area contributed by atoms with E-state index in [0.717, 1.165) is 12.6 Å². The van der Waals surface area contributed by atoms with E-state index < -0.39 is 0 Å². The second-order valence-electron chi connectivity index (χ2n) is 6.53. The second-order valence-corrected chi connectivity index (χ2v) is 6.53. The van der Waals surface area contributed by atoms with E-state index in [0.29, 0.717) is 12.1 Å². The third kappa shape index (κ3) is 4.08. The van der Waals surface area contributed by atoms with Crippen molar-refractivity contribution in [1.29, 1.82) is 0 Å². The van der Waals surface area contributed by atoms with Crippen LogP contribution < -0.4 is 5.32 Å². The van der Waals surface area contributed by atoms with E-state index in [4.69, 9.17) is 0 Å². The zero-order chi connectivity index (χ0) is 15.2. The van der Waals surface area contributed by atoms with Gasteiger partial charge in [0.1, 0.15) is 0 Å². The first-order valence-electron chi connectivity index (χ1n) is 8.73. The lowest BCUT2D eigenvalue weighted by Crippen LogP contribution is -2.45. The molecule has 2 rings (SSSR count). The third-order valence-electron chi connectivity index (χ3n) is 4.95. The van der Waals surface area contributed by atoms with Crippen LogP contribution in [0.2, 0.25) is 0 Å². The van der Waals surface area contributed by atoms with Crippen LogP contribution in [0.5, 0.6) is 0 Å². The van der Waals surface area contributed by atoms with E-state index in [2.05, 4.69) is 62.2 Å². The van der Waals surface area contributed by atoms with Crippen molar-refractivity contribution >= 4 is 0 Å². The Morgan fingerprint density at radius 3 is 2.57 bits per heavy atom. The summed E-state index contributed by atoms with van der Waals surface area (Å²) in [6, 6.07) is 10.9. The van der Waals surface area contributed by atoms with Crippen LogP contribution in [0.1, 0.15) is 63.6 Å². The van der Waals surface area contributed by atoms with Gasteiger partial charge in [-0.1, -0.05) is 43.7 Å². The summed E-state index contributed by atoms with van der Waals surface area (Å²) in [7, 11) is 0. The molecule has 2 nitrogen and oxygen atoms in total. The smallest absolute Gasteiger partial charge is 0.0475 e. The summed E-state index contributed by atoms with van der Waals surface area (Å²) in [5.41, 5.74) is 2.77. The predicted molar refractivity (Wildman–Crippen MR) is 91.7 cm³/mol. The Labute approximate surface area is 130 Å². The Balaban J connectivity index is 2.16. The zero-order valence-electron chi connectivity index (χ0n) is 14.2. The number of aryl methyl sites for hydroxylation is 1. The molecule has 0 bridgehead atoms. The summed E-state index contributed by atoms with van der Waals surface area (Å²) in [6.07, 6.45) is 5.19. The molecule has 1 saturated heterocycles. The summed E-state index contributed by atoms with van der Waals surface area (Å²) >= 11 is 0. The van der Waals surface area contributed by atoms with Crippen LogP contribution in [0.3, 0.4) is 0 Å².